The summed E-state index contributed by atoms with van der Waals surface area (Å²) in [6, 6.07) is 0. The molecule has 0 radical (unpaired) electrons. The molecule has 0 amide bonds. The van der Waals surface area contributed by atoms with E-state index in [-0.39, 0.29) is 10.9 Å². The minimum absolute atomic E-state index is 0.238. The third-order valence-corrected chi connectivity index (χ3v) is 10.9. The van der Waals surface area contributed by atoms with Crippen LogP contribution in [-0.2, 0) is 9.47 Å². The zero-order valence-electron chi connectivity index (χ0n) is 32.8. The monoisotopic (exact) mass is 669 g/mol. The van der Waals surface area contributed by atoms with Gasteiger partial charge in [-0.2, -0.15) is 11.8 Å². The fraction of sp³-hybridized carbons (Fsp3) is 1.00. The minimum atomic E-state index is 0.238. The summed E-state index contributed by atoms with van der Waals surface area (Å²) in [5, 5.41) is 0. The predicted octanol–water partition coefficient (Wildman–Crippen LogP) is 15.4. The molecular formula is C43H88O2S. The Hall–Kier alpha value is 0.270. The maximum Gasteiger partial charge on any atom is 0.0898 e. The van der Waals surface area contributed by atoms with Crippen LogP contribution >= 0.6 is 11.8 Å². The molecule has 0 aliphatic carbocycles. The molecule has 0 rings (SSSR count). The third-order valence-electron chi connectivity index (χ3n) is 9.50. The average molecular weight is 669 g/mol. The quantitative estimate of drug-likeness (QED) is 0.0607. The molecule has 1 unspecified atom stereocenters. The van der Waals surface area contributed by atoms with Crippen LogP contribution in [0.3, 0.4) is 0 Å². The van der Waals surface area contributed by atoms with Crippen molar-refractivity contribution in [3.8, 4) is 0 Å². The van der Waals surface area contributed by atoms with Crippen molar-refractivity contribution in [1.29, 1.82) is 0 Å². The summed E-state index contributed by atoms with van der Waals surface area (Å²) in [6.07, 6.45) is 45.5. The van der Waals surface area contributed by atoms with Crippen LogP contribution in [0.4, 0.5) is 0 Å². The molecule has 0 saturated heterocycles. The summed E-state index contributed by atoms with van der Waals surface area (Å²) in [5.41, 5.74) is 0. The van der Waals surface area contributed by atoms with Crippen molar-refractivity contribution in [2.45, 2.75) is 251 Å². The first-order valence-electron chi connectivity index (χ1n) is 21.3. The molecule has 0 bridgehead atoms. The van der Waals surface area contributed by atoms with Gasteiger partial charge in [-0.05, 0) is 12.8 Å². The van der Waals surface area contributed by atoms with Gasteiger partial charge in [-0.3, -0.25) is 0 Å². The molecule has 0 aliphatic heterocycles. The SMILES string of the molecule is CCCCCCCCCCCCCCCCCCOCC(CSC(C)(C)C)OCCCCCCCCCCCCCCCCCC. The molecule has 0 aliphatic rings. The fourth-order valence-electron chi connectivity index (χ4n) is 6.35. The first kappa shape index (κ1) is 46.3. The molecule has 0 aromatic rings. The van der Waals surface area contributed by atoms with Crippen LogP contribution in [0.1, 0.15) is 240 Å². The van der Waals surface area contributed by atoms with E-state index in [2.05, 4.69) is 34.6 Å². The molecular weight excluding hydrogens is 581 g/mol. The molecule has 0 fully saturated rings. The van der Waals surface area contributed by atoms with E-state index < -0.39 is 0 Å². The number of hydrogen-bond acceptors (Lipinski definition) is 3. The van der Waals surface area contributed by atoms with E-state index in [1.54, 1.807) is 0 Å². The van der Waals surface area contributed by atoms with Crippen LogP contribution in [0.25, 0.3) is 0 Å². The standard InChI is InChI=1S/C43H88O2S/c1-6-8-10-12-14-16-18-20-22-24-26-28-30-32-34-36-38-44-40-42(41-46-43(3,4)5)45-39-37-35-33-31-29-27-25-23-21-19-17-15-13-11-9-7-2/h42H,6-41H2,1-5H3. The molecule has 0 spiro atoms. The van der Waals surface area contributed by atoms with E-state index in [0.29, 0.717) is 0 Å². The van der Waals surface area contributed by atoms with Gasteiger partial charge in [-0.1, -0.05) is 227 Å². The van der Waals surface area contributed by atoms with Crippen LogP contribution < -0.4 is 0 Å². The van der Waals surface area contributed by atoms with Gasteiger partial charge in [0.25, 0.3) is 0 Å². The molecule has 0 saturated carbocycles. The Balaban J connectivity index is 3.61. The van der Waals surface area contributed by atoms with Crippen molar-refractivity contribution in [2.24, 2.45) is 0 Å². The molecule has 0 N–H and O–H groups in total. The van der Waals surface area contributed by atoms with E-state index in [9.17, 15) is 0 Å². The number of ether oxygens (including phenoxy) is 2. The van der Waals surface area contributed by atoms with Gasteiger partial charge in [0.05, 0.1) is 12.7 Å². The second kappa shape index (κ2) is 38.1. The lowest BCUT2D eigenvalue weighted by atomic mass is 10.0. The molecule has 0 aromatic carbocycles. The molecule has 278 valence electrons. The van der Waals surface area contributed by atoms with E-state index in [0.717, 1.165) is 25.6 Å². The van der Waals surface area contributed by atoms with Crippen LogP contribution in [-0.4, -0.2) is 36.4 Å². The van der Waals surface area contributed by atoms with E-state index in [1.165, 1.54) is 205 Å². The molecule has 46 heavy (non-hydrogen) atoms. The van der Waals surface area contributed by atoms with E-state index in [4.69, 9.17) is 9.47 Å². The topological polar surface area (TPSA) is 18.5 Å². The van der Waals surface area contributed by atoms with Crippen LogP contribution in [0.5, 0.6) is 0 Å². The van der Waals surface area contributed by atoms with Gasteiger partial charge in [-0.25, -0.2) is 0 Å². The highest BCUT2D eigenvalue weighted by Crippen LogP contribution is 2.25. The van der Waals surface area contributed by atoms with E-state index >= 15 is 0 Å². The Bertz CT molecular complexity index is 545. The van der Waals surface area contributed by atoms with Crippen molar-refractivity contribution >= 4 is 11.8 Å². The average Bonchev–Trinajstić information content (AvgIpc) is 3.03. The maximum absolute atomic E-state index is 6.34. The molecule has 1 atom stereocenters. The summed E-state index contributed by atoms with van der Waals surface area (Å²) >= 11 is 2.02. The van der Waals surface area contributed by atoms with Crippen molar-refractivity contribution in [3.63, 3.8) is 0 Å². The summed E-state index contributed by atoms with van der Waals surface area (Å²) in [6.45, 7) is 14.1. The van der Waals surface area contributed by atoms with Gasteiger partial charge in [0.2, 0.25) is 0 Å². The molecule has 0 aromatic heterocycles. The number of rotatable bonds is 39. The summed E-state index contributed by atoms with van der Waals surface area (Å²) in [7, 11) is 0. The largest absolute Gasteiger partial charge is 0.379 e. The first-order valence-corrected chi connectivity index (χ1v) is 22.3. The highest BCUT2D eigenvalue weighted by atomic mass is 32.2. The summed E-state index contributed by atoms with van der Waals surface area (Å²) in [4.78, 5) is 0. The van der Waals surface area contributed by atoms with Crippen molar-refractivity contribution in [2.75, 3.05) is 25.6 Å². The fourth-order valence-corrected chi connectivity index (χ4v) is 7.23. The Morgan fingerprint density at radius 3 is 0.978 bits per heavy atom. The van der Waals surface area contributed by atoms with Gasteiger partial charge in [0.1, 0.15) is 0 Å². The second-order valence-corrected chi connectivity index (χ2v) is 17.4. The maximum atomic E-state index is 6.34. The summed E-state index contributed by atoms with van der Waals surface area (Å²) < 4.78 is 12.8. The van der Waals surface area contributed by atoms with Crippen molar-refractivity contribution in [1.82, 2.24) is 0 Å². The number of hydrogen-bond donors (Lipinski definition) is 0. The number of thioether (sulfide) groups is 1. The normalized spacial score (nSPS) is 12.7. The smallest absolute Gasteiger partial charge is 0.0898 e. The number of unbranched alkanes of at least 4 members (excludes halogenated alkanes) is 30. The minimum Gasteiger partial charge on any atom is -0.379 e. The lowest BCUT2D eigenvalue weighted by Gasteiger charge is -2.23. The van der Waals surface area contributed by atoms with Gasteiger partial charge < -0.3 is 9.47 Å². The van der Waals surface area contributed by atoms with Gasteiger partial charge >= 0.3 is 0 Å². The van der Waals surface area contributed by atoms with Crippen LogP contribution in [0.2, 0.25) is 0 Å². The van der Waals surface area contributed by atoms with Gasteiger partial charge in [-0.15, -0.1) is 0 Å². The van der Waals surface area contributed by atoms with Gasteiger partial charge in [0, 0.05) is 23.7 Å². The van der Waals surface area contributed by atoms with Gasteiger partial charge in [0.15, 0.2) is 0 Å². The van der Waals surface area contributed by atoms with Crippen LogP contribution in [0.15, 0.2) is 0 Å². The lowest BCUT2D eigenvalue weighted by molar-refractivity contribution is -0.00630. The van der Waals surface area contributed by atoms with Crippen LogP contribution in [0, 0.1) is 0 Å². The Kier molecular flexibility index (Phi) is 38.3. The van der Waals surface area contributed by atoms with E-state index in [1.807, 2.05) is 11.8 Å². The van der Waals surface area contributed by atoms with Crippen molar-refractivity contribution in [3.05, 3.63) is 0 Å². The zero-order valence-corrected chi connectivity index (χ0v) is 33.6. The highest BCUT2D eigenvalue weighted by Gasteiger charge is 2.16. The Morgan fingerprint density at radius 2 is 0.674 bits per heavy atom. The Morgan fingerprint density at radius 1 is 0.391 bits per heavy atom. The van der Waals surface area contributed by atoms with Crippen molar-refractivity contribution < 1.29 is 9.47 Å². The second-order valence-electron chi connectivity index (χ2n) is 15.6. The molecule has 0 heterocycles. The zero-order chi connectivity index (χ0) is 33.7. The summed E-state index contributed by atoms with van der Waals surface area (Å²) in [5.74, 6) is 1.04. The lowest BCUT2D eigenvalue weighted by Crippen LogP contribution is -2.26. The molecule has 2 nitrogen and oxygen atoms in total. The highest BCUT2D eigenvalue weighted by molar-refractivity contribution is 8.00. The Labute approximate surface area is 296 Å². The predicted molar refractivity (Wildman–Crippen MR) is 212 cm³/mol. The third kappa shape index (κ3) is 40.4. The first-order chi connectivity index (χ1) is 22.5. The molecule has 3 heteroatoms.